The van der Waals surface area contributed by atoms with E-state index >= 15 is 0 Å². The van der Waals surface area contributed by atoms with Crippen molar-refractivity contribution in [3.05, 3.63) is 108 Å². The van der Waals surface area contributed by atoms with E-state index in [9.17, 15) is 24.0 Å². The van der Waals surface area contributed by atoms with E-state index in [1.54, 1.807) is 32.5 Å². The number of thiol groups is 1. The van der Waals surface area contributed by atoms with Gasteiger partial charge in [-0.1, -0.05) is 91.0 Å². The molecule has 78 heavy (non-hydrogen) atoms. The van der Waals surface area contributed by atoms with Crippen LogP contribution in [0.15, 0.2) is 91.0 Å². The lowest BCUT2D eigenvalue weighted by Crippen LogP contribution is -2.51. The smallest absolute Gasteiger partial charge is 0.408 e. The zero-order valence-corrected chi connectivity index (χ0v) is 47.6. The summed E-state index contributed by atoms with van der Waals surface area (Å²) in [6.07, 6.45) is 1.18. The van der Waals surface area contributed by atoms with E-state index in [1.807, 2.05) is 54.6 Å². The second kappa shape index (κ2) is 43.0. The Bertz CT molecular complexity index is 1950. The lowest BCUT2D eigenvalue weighted by atomic mass is 9.84. The van der Waals surface area contributed by atoms with Crippen LogP contribution < -0.4 is 31.9 Å². The normalized spacial score (nSPS) is 11.9. The molecule has 0 saturated heterocycles. The van der Waals surface area contributed by atoms with Gasteiger partial charge in [0.05, 0.1) is 97.2 Å². The van der Waals surface area contributed by atoms with E-state index in [-0.39, 0.29) is 42.6 Å². The summed E-state index contributed by atoms with van der Waals surface area (Å²) >= 11 is 5.60. The molecule has 0 aliphatic carbocycles. The maximum Gasteiger partial charge on any atom is 0.408 e. The molecule has 0 bridgehead atoms. The van der Waals surface area contributed by atoms with Crippen LogP contribution in [0.5, 0.6) is 0 Å². The molecule has 6 N–H and O–H groups in total. The summed E-state index contributed by atoms with van der Waals surface area (Å²) in [5, 5.41) is 17.3. The van der Waals surface area contributed by atoms with Crippen molar-refractivity contribution in [3.63, 3.8) is 0 Å². The van der Waals surface area contributed by atoms with Crippen molar-refractivity contribution in [1.82, 2.24) is 31.9 Å². The number of nitrogens with one attached hydrogen (secondary N) is 6. The number of benzene rings is 3. The molecule has 0 radical (unpaired) electrons. The SMILES string of the molecule is CC(C)(C)OC(=O)N[C@@H](CSC(c1ccccc1)(c1ccccc1)c1ccccc1)C(=O)NCCNCCOCCOCCOCCOCCOCCOCCOCCNC(=O)COCC(=O)NCCCCNC(=O)CCS. The second-order valence-corrected chi connectivity index (χ2v) is 20.0. The highest BCUT2D eigenvalue weighted by molar-refractivity contribution is 8.00. The largest absolute Gasteiger partial charge is 0.444 e. The highest BCUT2D eigenvalue weighted by Crippen LogP contribution is 2.48. The summed E-state index contributed by atoms with van der Waals surface area (Å²) < 4.78 is 48.9. The summed E-state index contributed by atoms with van der Waals surface area (Å²) in [4.78, 5) is 61.9. The molecule has 0 saturated carbocycles. The van der Waals surface area contributed by atoms with Crippen LogP contribution >= 0.6 is 24.4 Å². The first-order valence-corrected chi connectivity index (χ1v) is 28.4. The Balaban J connectivity index is 1.12. The Morgan fingerprint density at radius 2 is 0.872 bits per heavy atom. The summed E-state index contributed by atoms with van der Waals surface area (Å²) in [7, 11) is 0. The molecule has 0 heterocycles. The van der Waals surface area contributed by atoms with Crippen molar-refractivity contribution in [2.75, 3.05) is 156 Å². The van der Waals surface area contributed by atoms with Crippen molar-refractivity contribution in [2.45, 2.75) is 56.4 Å². The van der Waals surface area contributed by atoms with E-state index in [0.717, 1.165) is 23.1 Å². The Hall–Kier alpha value is -4.85. The standard InChI is InChI=1S/C56H86N6O14S2/c1-55(2,3)76-54(67)62-49(45-78-56(46-15-7-4-8-16-46,47-17-9-5-10-18-47)48-19-11-6-12-20-48)53(66)61-25-24-57-26-28-68-30-32-70-34-36-72-38-40-74-41-39-73-37-35-71-33-31-69-29-27-60-52(65)44-75-43-51(64)59-23-14-13-22-58-50(63)21-42-77/h4-12,15-20,49,57,77H,13-14,21-45H2,1-3H3,(H,58,63)(H,59,64)(H,60,65)(H,61,66)(H,62,67)/t49-/m0/s1. The molecule has 0 aromatic heterocycles. The highest BCUT2D eigenvalue weighted by Gasteiger charge is 2.39. The third-order valence-corrected chi connectivity index (χ3v) is 12.8. The van der Waals surface area contributed by atoms with Crippen molar-refractivity contribution in [1.29, 1.82) is 0 Å². The van der Waals surface area contributed by atoms with Crippen molar-refractivity contribution in [3.8, 4) is 0 Å². The molecule has 0 fully saturated rings. The van der Waals surface area contributed by atoms with Gasteiger partial charge in [-0.25, -0.2) is 4.79 Å². The number of carbonyl (C=O) groups is 5. The zero-order chi connectivity index (χ0) is 56.2. The Morgan fingerprint density at radius 1 is 0.474 bits per heavy atom. The van der Waals surface area contributed by atoms with Crippen LogP contribution in [0.3, 0.4) is 0 Å². The third-order valence-electron chi connectivity index (χ3n) is 10.9. The predicted octanol–water partition coefficient (Wildman–Crippen LogP) is 3.89. The van der Waals surface area contributed by atoms with E-state index in [4.69, 9.17) is 42.6 Å². The monoisotopic (exact) mass is 1130 g/mol. The van der Waals surface area contributed by atoms with E-state index in [1.165, 1.54) is 0 Å². The summed E-state index contributed by atoms with van der Waals surface area (Å²) in [5.74, 6) is -0.235. The molecule has 5 amide bonds. The van der Waals surface area contributed by atoms with Crippen LogP contribution in [0.1, 0.15) is 56.7 Å². The topological polar surface area (TPSA) is 241 Å². The average Bonchev–Trinajstić information content (AvgIpc) is 3.51. The first kappa shape index (κ1) is 67.4. The number of hydrogen-bond acceptors (Lipinski definition) is 17. The van der Waals surface area contributed by atoms with Gasteiger partial charge in [0.15, 0.2) is 0 Å². The number of thioether (sulfide) groups is 1. The Kier molecular flexibility index (Phi) is 37.2. The molecule has 0 spiro atoms. The van der Waals surface area contributed by atoms with Crippen LogP contribution in [0.4, 0.5) is 4.79 Å². The summed E-state index contributed by atoms with van der Waals surface area (Å²) in [6.45, 7) is 13.5. The molecule has 436 valence electrons. The predicted molar refractivity (Wildman–Crippen MR) is 304 cm³/mol. The van der Waals surface area contributed by atoms with Gasteiger partial charge in [-0.05, 0) is 56.1 Å². The molecule has 0 aliphatic heterocycles. The van der Waals surface area contributed by atoms with Gasteiger partial charge in [-0.2, -0.15) is 12.6 Å². The Morgan fingerprint density at radius 3 is 1.29 bits per heavy atom. The zero-order valence-electron chi connectivity index (χ0n) is 45.9. The van der Waals surface area contributed by atoms with Crippen LogP contribution in [-0.4, -0.2) is 198 Å². The van der Waals surface area contributed by atoms with Gasteiger partial charge in [0.25, 0.3) is 0 Å². The molecule has 20 nitrogen and oxygen atoms in total. The Labute approximate surface area is 471 Å². The van der Waals surface area contributed by atoms with Gasteiger partial charge < -0.3 is 74.5 Å². The lowest BCUT2D eigenvalue weighted by molar-refractivity contribution is -0.131. The fourth-order valence-corrected chi connectivity index (χ4v) is 8.96. The minimum absolute atomic E-state index is 0.0353. The van der Waals surface area contributed by atoms with Crippen LogP contribution in [-0.2, 0) is 66.6 Å². The van der Waals surface area contributed by atoms with Crippen molar-refractivity contribution < 1.29 is 66.6 Å². The summed E-state index contributed by atoms with van der Waals surface area (Å²) in [6, 6.07) is 29.7. The average molecular weight is 1130 g/mol. The number of unbranched alkanes of at least 4 members (excludes halogenated alkanes) is 1. The van der Waals surface area contributed by atoms with Gasteiger partial charge in [-0.3, -0.25) is 19.2 Å². The lowest BCUT2D eigenvalue weighted by Gasteiger charge is -2.36. The van der Waals surface area contributed by atoms with Crippen molar-refractivity contribution >= 4 is 54.1 Å². The molecule has 3 aromatic rings. The van der Waals surface area contributed by atoms with Gasteiger partial charge in [0.2, 0.25) is 23.6 Å². The minimum Gasteiger partial charge on any atom is -0.444 e. The van der Waals surface area contributed by atoms with Gasteiger partial charge in [0.1, 0.15) is 24.9 Å². The number of carbonyl (C=O) groups excluding carboxylic acids is 5. The quantitative estimate of drug-likeness (QED) is 0.0241. The first-order chi connectivity index (χ1) is 37.9. The molecule has 22 heteroatoms. The minimum atomic E-state index is -0.890. The molecule has 0 aliphatic rings. The number of alkyl carbamates (subject to hydrolysis) is 1. The maximum absolute atomic E-state index is 13.8. The molecule has 0 unspecified atom stereocenters. The molecular weight excluding hydrogens is 1040 g/mol. The molecule has 1 atom stereocenters. The highest BCUT2D eigenvalue weighted by atomic mass is 32.2. The van der Waals surface area contributed by atoms with Crippen molar-refractivity contribution in [2.24, 2.45) is 0 Å². The van der Waals surface area contributed by atoms with Crippen LogP contribution in [0.2, 0.25) is 0 Å². The fourth-order valence-electron chi connectivity index (χ4n) is 7.19. The van der Waals surface area contributed by atoms with E-state index in [0.29, 0.717) is 150 Å². The maximum atomic E-state index is 13.8. The van der Waals surface area contributed by atoms with Gasteiger partial charge >= 0.3 is 6.09 Å². The van der Waals surface area contributed by atoms with Crippen LogP contribution in [0.25, 0.3) is 0 Å². The molecular formula is C56H86N6O14S2. The molecule has 3 aromatic carbocycles. The second-order valence-electron chi connectivity index (χ2n) is 18.3. The van der Waals surface area contributed by atoms with Gasteiger partial charge in [-0.15, -0.1) is 11.8 Å². The van der Waals surface area contributed by atoms with Gasteiger partial charge in [0, 0.05) is 51.4 Å². The van der Waals surface area contributed by atoms with E-state index < -0.39 is 22.5 Å². The number of hydrogen-bond donors (Lipinski definition) is 7. The fraction of sp³-hybridized carbons (Fsp3) is 0.589. The number of amides is 5. The van der Waals surface area contributed by atoms with E-state index in [2.05, 4.69) is 80.9 Å². The van der Waals surface area contributed by atoms with Crippen LogP contribution in [0, 0.1) is 0 Å². The molecule has 3 rings (SSSR count). The third kappa shape index (κ3) is 31.7. The number of rotatable bonds is 46. The summed E-state index contributed by atoms with van der Waals surface area (Å²) in [5.41, 5.74) is 2.41. The number of ether oxygens (including phenoxy) is 9. The first-order valence-electron chi connectivity index (χ1n) is 26.8.